The van der Waals surface area contributed by atoms with Crippen molar-refractivity contribution in [2.24, 2.45) is 11.5 Å². The lowest BCUT2D eigenvalue weighted by molar-refractivity contribution is 0.1000. The van der Waals surface area contributed by atoms with Gasteiger partial charge in [-0.3, -0.25) is 9.48 Å². The Bertz CT molecular complexity index is 475. The molecule has 0 aliphatic carbocycles. The molecule has 0 bridgehead atoms. The maximum Gasteiger partial charge on any atom is 0.251 e. The second-order valence-electron chi connectivity index (χ2n) is 3.34. The van der Waals surface area contributed by atoms with Gasteiger partial charge in [0.1, 0.15) is 11.8 Å². The van der Waals surface area contributed by atoms with Crippen molar-refractivity contribution >= 4 is 5.91 Å². The Morgan fingerprint density at radius 3 is 2.94 bits per heavy atom. The molecule has 6 nitrogen and oxygen atoms in total. The van der Waals surface area contributed by atoms with E-state index in [9.17, 15) is 4.79 Å². The third-order valence-electron chi connectivity index (χ3n) is 2.30. The third-order valence-corrected chi connectivity index (χ3v) is 2.30. The average Bonchev–Trinajstić information content (AvgIpc) is 2.88. The number of amides is 1. The molecule has 0 aliphatic heterocycles. The van der Waals surface area contributed by atoms with Crippen LogP contribution in [-0.2, 0) is 0 Å². The van der Waals surface area contributed by atoms with Crippen molar-refractivity contribution in [3.8, 4) is 0 Å². The molecule has 6 heteroatoms. The van der Waals surface area contributed by atoms with Gasteiger partial charge < -0.3 is 15.9 Å². The van der Waals surface area contributed by atoms with Crippen molar-refractivity contribution in [3.05, 3.63) is 42.1 Å². The van der Waals surface area contributed by atoms with Gasteiger partial charge in [0.05, 0.1) is 18.0 Å². The highest BCUT2D eigenvalue weighted by atomic mass is 16.3. The number of furan rings is 1. The van der Waals surface area contributed by atoms with E-state index in [4.69, 9.17) is 15.9 Å². The molecule has 0 saturated heterocycles. The van der Waals surface area contributed by atoms with Crippen molar-refractivity contribution in [3.63, 3.8) is 0 Å². The molecule has 2 rings (SSSR count). The van der Waals surface area contributed by atoms with Gasteiger partial charge >= 0.3 is 0 Å². The number of aromatic nitrogens is 2. The van der Waals surface area contributed by atoms with Crippen molar-refractivity contribution in [1.82, 2.24) is 9.78 Å². The zero-order valence-electron chi connectivity index (χ0n) is 8.54. The first-order valence-electron chi connectivity index (χ1n) is 4.80. The second kappa shape index (κ2) is 4.19. The van der Waals surface area contributed by atoms with Crippen LogP contribution in [0.15, 0.2) is 35.2 Å². The lowest BCUT2D eigenvalue weighted by Crippen LogP contribution is -2.20. The number of hydrogen-bond acceptors (Lipinski definition) is 4. The van der Waals surface area contributed by atoms with Crippen molar-refractivity contribution < 1.29 is 9.21 Å². The van der Waals surface area contributed by atoms with Gasteiger partial charge in [0.25, 0.3) is 5.91 Å². The summed E-state index contributed by atoms with van der Waals surface area (Å²) in [4.78, 5) is 10.9. The van der Waals surface area contributed by atoms with Gasteiger partial charge in [-0.05, 0) is 12.1 Å². The molecule has 1 unspecified atom stereocenters. The van der Waals surface area contributed by atoms with Gasteiger partial charge in [0, 0.05) is 12.7 Å². The fraction of sp³-hybridized carbons (Fsp3) is 0.200. The van der Waals surface area contributed by atoms with Crippen LogP contribution in [0.2, 0.25) is 0 Å². The van der Waals surface area contributed by atoms with Gasteiger partial charge in [-0.1, -0.05) is 0 Å². The molecule has 2 aromatic rings. The van der Waals surface area contributed by atoms with E-state index in [-0.39, 0.29) is 6.04 Å². The zero-order chi connectivity index (χ0) is 11.5. The van der Waals surface area contributed by atoms with E-state index in [1.807, 2.05) is 6.07 Å². The molecule has 84 valence electrons. The van der Waals surface area contributed by atoms with Crippen LogP contribution in [0.5, 0.6) is 0 Å². The van der Waals surface area contributed by atoms with E-state index < -0.39 is 5.91 Å². The molecule has 1 amide bonds. The molecule has 0 aromatic carbocycles. The SMILES string of the molecule is NCC(c1ccco1)n1cc(C(N)=O)cn1. The van der Waals surface area contributed by atoms with E-state index >= 15 is 0 Å². The summed E-state index contributed by atoms with van der Waals surface area (Å²) in [5, 5.41) is 4.04. The first-order chi connectivity index (χ1) is 7.72. The Hall–Kier alpha value is -2.08. The minimum atomic E-state index is -0.513. The highest BCUT2D eigenvalue weighted by molar-refractivity contribution is 5.92. The van der Waals surface area contributed by atoms with Gasteiger partial charge in [-0.25, -0.2) is 0 Å². The number of carbonyl (C=O) groups is 1. The zero-order valence-corrected chi connectivity index (χ0v) is 8.54. The van der Waals surface area contributed by atoms with Crippen LogP contribution < -0.4 is 11.5 Å². The monoisotopic (exact) mass is 220 g/mol. The molecule has 2 heterocycles. The predicted octanol–water partition coefficient (Wildman–Crippen LogP) is 0.123. The predicted molar refractivity (Wildman–Crippen MR) is 56.6 cm³/mol. The maximum absolute atomic E-state index is 10.9. The Morgan fingerprint density at radius 2 is 2.44 bits per heavy atom. The highest BCUT2D eigenvalue weighted by Gasteiger charge is 2.16. The van der Waals surface area contributed by atoms with Crippen molar-refractivity contribution in [2.75, 3.05) is 6.54 Å². The highest BCUT2D eigenvalue weighted by Crippen LogP contribution is 2.17. The summed E-state index contributed by atoms with van der Waals surface area (Å²) < 4.78 is 6.82. The van der Waals surface area contributed by atoms with Crippen LogP contribution in [-0.4, -0.2) is 22.2 Å². The molecule has 0 radical (unpaired) electrons. The molecule has 4 N–H and O–H groups in total. The molecule has 2 aromatic heterocycles. The largest absolute Gasteiger partial charge is 0.467 e. The molecule has 0 fully saturated rings. The van der Waals surface area contributed by atoms with Crippen LogP contribution in [0.4, 0.5) is 0 Å². The van der Waals surface area contributed by atoms with E-state index in [2.05, 4.69) is 5.10 Å². The van der Waals surface area contributed by atoms with Gasteiger partial charge in [0.2, 0.25) is 0 Å². The van der Waals surface area contributed by atoms with Crippen LogP contribution in [0.25, 0.3) is 0 Å². The molecule has 0 spiro atoms. The summed E-state index contributed by atoms with van der Waals surface area (Å²) in [6.45, 7) is 0.327. The van der Waals surface area contributed by atoms with Gasteiger partial charge in [0.15, 0.2) is 0 Å². The number of nitrogens with two attached hydrogens (primary N) is 2. The number of hydrogen-bond donors (Lipinski definition) is 2. The molecular formula is C10H12N4O2. The molecule has 0 aliphatic rings. The Labute approximate surface area is 91.8 Å². The normalized spacial score (nSPS) is 12.6. The number of primary amides is 1. The van der Waals surface area contributed by atoms with Crippen LogP contribution in [0.1, 0.15) is 22.2 Å². The van der Waals surface area contributed by atoms with Crippen molar-refractivity contribution in [1.29, 1.82) is 0 Å². The minimum absolute atomic E-state index is 0.219. The van der Waals surface area contributed by atoms with E-state index in [0.29, 0.717) is 17.9 Å². The van der Waals surface area contributed by atoms with Crippen LogP contribution in [0, 0.1) is 0 Å². The molecular weight excluding hydrogens is 208 g/mol. The number of carbonyl (C=O) groups excluding carboxylic acids is 1. The van der Waals surface area contributed by atoms with E-state index in [1.54, 1.807) is 23.2 Å². The van der Waals surface area contributed by atoms with Crippen LogP contribution in [0.3, 0.4) is 0 Å². The molecule has 1 atom stereocenters. The minimum Gasteiger partial charge on any atom is -0.467 e. The third kappa shape index (κ3) is 1.82. The Morgan fingerprint density at radius 1 is 1.62 bits per heavy atom. The fourth-order valence-corrected chi connectivity index (χ4v) is 1.47. The van der Waals surface area contributed by atoms with Gasteiger partial charge in [-0.15, -0.1) is 0 Å². The van der Waals surface area contributed by atoms with Gasteiger partial charge in [-0.2, -0.15) is 5.10 Å². The standard InChI is InChI=1S/C10H12N4O2/c11-4-8(9-2-1-3-16-9)14-6-7(5-13-14)10(12)15/h1-3,5-6,8H,4,11H2,(H2,12,15). The topological polar surface area (TPSA) is 100 Å². The summed E-state index contributed by atoms with van der Waals surface area (Å²) in [5.74, 6) is 0.183. The van der Waals surface area contributed by atoms with Crippen LogP contribution >= 0.6 is 0 Å². The van der Waals surface area contributed by atoms with Crippen molar-refractivity contribution in [2.45, 2.75) is 6.04 Å². The average molecular weight is 220 g/mol. The lowest BCUT2D eigenvalue weighted by Gasteiger charge is -2.12. The number of nitrogens with zero attached hydrogens (tertiary/aromatic N) is 2. The summed E-state index contributed by atoms with van der Waals surface area (Å²) >= 11 is 0. The first-order valence-corrected chi connectivity index (χ1v) is 4.80. The Kier molecular flexibility index (Phi) is 2.74. The lowest BCUT2D eigenvalue weighted by atomic mass is 10.2. The maximum atomic E-state index is 10.9. The summed E-state index contributed by atoms with van der Waals surface area (Å²) in [6, 6.07) is 3.36. The van der Waals surface area contributed by atoms with E-state index in [0.717, 1.165) is 0 Å². The smallest absolute Gasteiger partial charge is 0.251 e. The first kappa shape index (κ1) is 10.4. The fourth-order valence-electron chi connectivity index (χ4n) is 1.47. The second-order valence-corrected chi connectivity index (χ2v) is 3.34. The summed E-state index contributed by atoms with van der Waals surface area (Å²) in [6.07, 6.45) is 4.53. The quantitative estimate of drug-likeness (QED) is 0.764. The molecule has 0 saturated carbocycles. The van der Waals surface area contributed by atoms with E-state index in [1.165, 1.54) is 6.20 Å². The summed E-state index contributed by atoms with van der Waals surface area (Å²) in [7, 11) is 0. The number of rotatable bonds is 4. The Balaban J connectivity index is 2.30. The summed E-state index contributed by atoms with van der Waals surface area (Å²) in [5.41, 5.74) is 11.1. The molecule has 16 heavy (non-hydrogen) atoms.